The van der Waals surface area contributed by atoms with Crippen molar-refractivity contribution in [3.8, 4) is 5.69 Å². The van der Waals surface area contributed by atoms with Crippen LogP contribution in [0.25, 0.3) is 5.69 Å². The van der Waals surface area contributed by atoms with E-state index in [1.165, 1.54) is 5.56 Å². The van der Waals surface area contributed by atoms with Crippen LogP contribution in [0, 0.1) is 13.8 Å². The second-order valence-electron chi connectivity index (χ2n) is 6.24. The third-order valence-electron chi connectivity index (χ3n) is 4.29. The molecule has 0 atom stereocenters. The molecule has 6 heteroatoms. The van der Waals surface area contributed by atoms with Gasteiger partial charge in [0.25, 0.3) is 0 Å². The molecule has 5 nitrogen and oxygen atoms in total. The van der Waals surface area contributed by atoms with Crippen molar-refractivity contribution in [1.82, 2.24) is 20.1 Å². The van der Waals surface area contributed by atoms with E-state index in [1.54, 1.807) is 5.01 Å². The van der Waals surface area contributed by atoms with Crippen LogP contribution in [-0.2, 0) is 6.54 Å². The second kappa shape index (κ2) is 8.60. The van der Waals surface area contributed by atoms with E-state index < -0.39 is 0 Å². The summed E-state index contributed by atoms with van der Waals surface area (Å²) in [6, 6.07) is 20.2. The minimum absolute atomic E-state index is 0.570. The number of thiocarbonyl (C=S) groups is 1. The Hall–Kier alpha value is -2.99. The first kappa shape index (κ1) is 18.8. The van der Waals surface area contributed by atoms with Gasteiger partial charge in [-0.25, -0.2) is 9.69 Å². The molecule has 0 spiro atoms. The van der Waals surface area contributed by atoms with E-state index in [1.807, 2.05) is 80.3 Å². The zero-order valence-electron chi connectivity index (χ0n) is 15.8. The molecule has 0 unspecified atom stereocenters. The van der Waals surface area contributed by atoms with E-state index in [4.69, 9.17) is 12.2 Å². The van der Waals surface area contributed by atoms with Gasteiger partial charge in [-0.05, 0) is 43.8 Å². The first-order valence-electron chi connectivity index (χ1n) is 8.77. The highest BCUT2D eigenvalue weighted by Gasteiger charge is 2.11. The number of hydrogen-bond acceptors (Lipinski definition) is 3. The summed E-state index contributed by atoms with van der Waals surface area (Å²) < 4.78 is 1.93. The molecule has 1 aromatic heterocycles. The highest BCUT2D eigenvalue weighted by atomic mass is 32.1. The van der Waals surface area contributed by atoms with E-state index in [-0.39, 0.29) is 0 Å². The molecule has 0 amide bonds. The maximum absolute atomic E-state index is 5.42. The van der Waals surface area contributed by atoms with Crippen molar-refractivity contribution >= 4 is 23.5 Å². The monoisotopic (exact) mass is 377 g/mol. The van der Waals surface area contributed by atoms with Crippen molar-refractivity contribution in [2.45, 2.75) is 20.4 Å². The van der Waals surface area contributed by atoms with E-state index in [2.05, 4.69) is 27.6 Å². The Kier molecular flexibility index (Phi) is 5.98. The van der Waals surface area contributed by atoms with Crippen molar-refractivity contribution in [3.05, 3.63) is 83.2 Å². The van der Waals surface area contributed by atoms with Crippen molar-refractivity contribution in [2.24, 2.45) is 5.10 Å². The van der Waals surface area contributed by atoms with Gasteiger partial charge in [-0.15, -0.1) is 0 Å². The predicted molar refractivity (Wildman–Crippen MR) is 114 cm³/mol. The standard InChI is InChI=1S/C21H23N5S/c1-16-20(17(2)26(24-16)19-12-8-5-9-13-19)15-23-25(3)21(27)22-14-18-10-6-4-7-11-18/h4-13,15H,14H2,1-3H3,(H,22,27)/b23-15-. The van der Waals surface area contributed by atoms with E-state index in [9.17, 15) is 0 Å². The van der Waals surface area contributed by atoms with Crippen LogP contribution < -0.4 is 5.32 Å². The number of nitrogens with zero attached hydrogens (tertiary/aromatic N) is 4. The van der Waals surface area contributed by atoms with Gasteiger partial charge in [0.1, 0.15) is 0 Å². The van der Waals surface area contributed by atoms with Crippen molar-refractivity contribution in [3.63, 3.8) is 0 Å². The fraction of sp³-hybridized carbons (Fsp3) is 0.190. The molecule has 3 rings (SSSR count). The predicted octanol–water partition coefficient (Wildman–Crippen LogP) is 3.83. The smallest absolute Gasteiger partial charge is 0.189 e. The summed E-state index contributed by atoms with van der Waals surface area (Å²) in [4.78, 5) is 0. The number of aromatic nitrogens is 2. The van der Waals surface area contributed by atoms with Gasteiger partial charge in [0.15, 0.2) is 5.11 Å². The SMILES string of the molecule is Cc1nn(-c2ccccc2)c(C)c1/C=N\N(C)C(=S)NCc1ccccc1. The third-order valence-corrected chi connectivity index (χ3v) is 4.70. The van der Waals surface area contributed by atoms with E-state index in [0.29, 0.717) is 11.7 Å². The number of benzene rings is 2. The normalized spacial score (nSPS) is 10.9. The molecular formula is C21H23N5S. The molecule has 0 aliphatic carbocycles. The lowest BCUT2D eigenvalue weighted by atomic mass is 10.2. The Morgan fingerprint density at radius 2 is 1.74 bits per heavy atom. The van der Waals surface area contributed by atoms with Gasteiger partial charge in [-0.1, -0.05) is 48.5 Å². The molecule has 0 aliphatic rings. The average Bonchev–Trinajstić information content (AvgIpc) is 2.99. The van der Waals surface area contributed by atoms with Crippen LogP contribution in [-0.4, -0.2) is 33.2 Å². The van der Waals surface area contributed by atoms with Gasteiger partial charge in [0.05, 0.1) is 23.3 Å². The summed E-state index contributed by atoms with van der Waals surface area (Å²) in [7, 11) is 1.84. The van der Waals surface area contributed by atoms with Gasteiger partial charge in [0.2, 0.25) is 0 Å². The first-order chi connectivity index (χ1) is 13.1. The lowest BCUT2D eigenvalue weighted by Crippen LogP contribution is -2.33. The summed E-state index contributed by atoms with van der Waals surface area (Å²) in [5.74, 6) is 0. The Morgan fingerprint density at radius 1 is 1.11 bits per heavy atom. The van der Waals surface area contributed by atoms with Gasteiger partial charge < -0.3 is 5.32 Å². The number of rotatable bonds is 5. The van der Waals surface area contributed by atoms with Crippen LogP contribution in [0.1, 0.15) is 22.5 Å². The number of hydrazone groups is 1. The number of para-hydroxylation sites is 1. The molecule has 3 aromatic rings. The largest absolute Gasteiger partial charge is 0.357 e. The lowest BCUT2D eigenvalue weighted by Gasteiger charge is -2.15. The molecule has 1 N–H and O–H groups in total. The minimum Gasteiger partial charge on any atom is -0.357 e. The van der Waals surface area contributed by atoms with Gasteiger partial charge in [-0.2, -0.15) is 10.2 Å². The Bertz CT molecular complexity index is 932. The number of hydrogen-bond donors (Lipinski definition) is 1. The molecule has 1 heterocycles. The molecule has 0 saturated carbocycles. The summed E-state index contributed by atoms with van der Waals surface area (Å²) in [6.07, 6.45) is 1.81. The van der Waals surface area contributed by atoms with Crippen molar-refractivity contribution in [1.29, 1.82) is 0 Å². The molecular weight excluding hydrogens is 354 g/mol. The maximum atomic E-state index is 5.42. The molecule has 27 heavy (non-hydrogen) atoms. The second-order valence-corrected chi connectivity index (χ2v) is 6.63. The molecule has 0 bridgehead atoms. The Labute approximate surface area is 165 Å². The Morgan fingerprint density at radius 3 is 2.41 bits per heavy atom. The number of nitrogens with one attached hydrogen (secondary N) is 1. The highest BCUT2D eigenvalue weighted by Crippen LogP contribution is 2.16. The highest BCUT2D eigenvalue weighted by molar-refractivity contribution is 7.80. The van der Waals surface area contributed by atoms with Crippen LogP contribution >= 0.6 is 12.2 Å². The molecule has 138 valence electrons. The van der Waals surface area contributed by atoms with Crippen LogP contribution in [0.4, 0.5) is 0 Å². The van der Waals surface area contributed by atoms with Crippen LogP contribution in [0.2, 0.25) is 0 Å². The van der Waals surface area contributed by atoms with Gasteiger partial charge in [0, 0.05) is 19.2 Å². The van der Waals surface area contributed by atoms with Crippen LogP contribution in [0.15, 0.2) is 65.8 Å². The fourth-order valence-electron chi connectivity index (χ4n) is 2.75. The molecule has 0 aliphatic heterocycles. The number of aryl methyl sites for hydroxylation is 1. The van der Waals surface area contributed by atoms with E-state index in [0.717, 1.165) is 22.6 Å². The van der Waals surface area contributed by atoms with E-state index >= 15 is 0 Å². The molecule has 0 radical (unpaired) electrons. The van der Waals surface area contributed by atoms with Crippen molar-refractivity contribution < 1.29 is 0 Å². The summed E-state index contributed by atoms with van der Waals surface area (Å²) in [6.45, 7) is 4.70. The topological polar surface area (TPSA) is 45.5 Å². The zero-order chi connectivity index (χ0) is 19.2. The lowest BCUT2D eigenvalue weighted by molar-refractivity contribution is 0.532. The third kappa shape index (κ3) is 4.60. The van der Waals surface area contributed by atoms with Gasteiger partial charge in [-0.3, -0.25) is 0 Å². The van der Waals surface area contributed by atoms with Crippen molar-refractivity contribution in [2.75, 3.05) is 7.05 Å². The van der Waals surface area contributed by atoms with Gasteiger partial charge >= 0.3 is 0 Å². The Balaban J connectivity index is 1.68. The van der Waals surface area contributed by atoms with Crippen LogP contribution in [0.3, 0.4) is 0 Å². The molecule has 0 saturated heterocycles. The average molecular weight is 378 g/mol. The fourth-order valence-corrected chi connectivity index (χ4v) is 2.87. The minimum atomic E-state index is 0.570. The maximum Gasteiger partial charge on any atom is 0.189 e. The summed E-state index contributed by atoms with van der Waals surface area (Å²) >= 11 is 5.42. The zero-order valence-corrected chi connectivity index (χ0v) is 16.6. The summed E-state index contributed by atoms with van der Waals surface area (Å²) in [5, 5.41) is 14.6. The first-order valence-corrected chi connectivity index (χ1v) is 9.18. The molecule has 2 aromatic carbocycles. The quantitative estimate of drug-likeness (QED) is 0.417. The van der Waals surface area contributed by atoms with Crippen LogP contribution in [0.5, 0.6) is 0 Å². The molecule has 0 fully saturated rings. The summed E-state index contributed by atoms with van der Waals surface area (Å²) in [5.41, 5.74) is 5.17.